The second-order valence-electron chi connectivity index (χ2n) is 10.7. The van der Waals surface area contributed by atoms with E-state index in [2.05, 4.69) is 41.2 Å². The molecule has 0 amide bonds. The van der Waals surface area contributed by atoms with E-state index >= 15 is 8.78 Å². The zero-order chi connectivity index (χ0) is 27.2. The summed E-state index contributed by atoms with van der Waals surface area (Å²) in [5.74, 6) is -0.592. The molecule has 2 fully saturated rings. The van der Waals surface area contributed by atoms with Crippen LogP contribution in [0.15, 0.2) is 60.7 Å². The zero-order valence-electron chi connectivity index (χ0n) is 21.9. The SMILES string of the molecule is C/C=C/CCc1ccc(C2CCC(C(F)(F)OC3CCC(c4ccc(OC(F)(F)F)cc4)CC3)CC2)cc1. The Hall–Kier alpha value is -2.41. The Morgan fingerprint density at radius 1 is 0.737 bits per heavy atom. The van der Waals surface area contributed by atoms with Crippen LogP contribution in [0.25, 0.3) is 0 Å². The predicted octanol–water partition coefficient (Wildman–Crippen LogP) is 9.70. The normalized spacial score (nSPS) is 25.0. The van der Waals surface area contributed by atoms with Gasteiger partial charge in [0.1, 0.15) is 5.75 Å². The maximum absolute atomic E-state index is 15.1. The highest BCUT2D eigenvalue weighted by Crippen LogP contribution is 2.45. The molecule has 0 spiro atoms. The molecule has 0 saturated heterocycles. The molecule has 2 aromatic carbocycles. The molecular weight excluding hydrogens is 499 g/mol. The third-order valence-corrected chi connectivity index (χ3v) is 8.07. The molecule has 4 rings (SSSR count). The topological polar surface area (TPSA) is 18.5 Å². The Morgan fingerprint density at radius 2 is 1.26 bits per heavy atom. The highest BCUT2D eigenvalue weighted by atomic mass is 19.4. The Labute approximate surface area is 222 Å². The first-order chi connectivity index (χ1) is 18.1. The summed E-state index contributed by atoms with van der Waals surface area (Å²) in [6, 6.07) is 14.5. The van der Waals surface area contributed by atoms with Gasteiger partial charge in [0.05, 0.1) is 12.0 Å². The quantitative estimate of drug-likeness (QED) is 0.235. The number of hydrogen-bond acceptors (Lipinski definition) is 2. The number of aryl methyl sites for hydroxylation is 1. The molecule has 0 bridgehead atoms. The molecule has 0 radical (unpaired) electrons. The van der Waals surface area contributed by atoms with Crippen molar-refractivity contribution in [3.63, 3.8) is 0 Å². The van der Waals surface area contributed by atoms with E-state index in [4.69, 9.17) is 4.74 Å². The van der Waals surface area contributed by atoms with Gasteiger partial charge in [0.25, 0.3) is 0 Å². The number of ether oxygens (including phenoxy) is 2. The molecule has 38 heavy (non-hydrogen) atoms. The summed E-state index contributed by atoms with van der Waals surface area (Å²) < 4.78 is 76.6. The lowest BCUT2D eigenvalue weighted by molar-refractivity contribution is -0.300. The number of hydrogen-bond donors (Lipinski definition) is 0. The summed E-state index contributed by atoms with van der Waals surface area (Å²) in [5.41, 5.74) is 3.43. The lowest BCUT2D eigenvalue weighted by Gasteiger charge is -2.37. The van der Waals surface area contributed by atoms with Crippen LogP contribution in [-0.2, 0) is 11.2 Å². The van der Waals surface area contributed by atoms with Crippen molar-refractivity contribution in [3.05, 3.63) is 77.4 Å². The Bertz CT molecular complexity index is 1010. The van der Waals surface area contributed by atoms with Gasteiger partial charge in [-0.15, -0.1) is 13.2 Å². The van der Waals surface area contributed by atoms with Gasteiger partial charge in [0.2, 0.25) is 0 Å². The van der Waals surface area contributed by atoms with Gasteiger partial charge >= 0.3 is 12.5 Å². The van der Waals surface area contributed by atoms with E-state index in [0.717, 1.165) is 31.2 Å². The van der Waals surface area contributed by atoms with Crippen molar-refractivity contribution in [2.45, 2.75) is 102 Å². The maximum Gasteiger partial charge on any atom is 0.573 e. The van der Waals surface area contributed by atoms with Crippen molar-refractivity contribution >= 4 is 0 Å². The van der Waals surface area contributed by atoms with Crippen LogP contribution in [0.5, 0.6) is 5.75 Å². The van der Waals surface area contributed by atoms with Crippen molar-refractivity contribution in [3.8, 4) is 5.75 Å². The highest BCUT2D eigenvalue weighted by molar-refractivity contribution is 5.30. The van der Waals surface area contributed by atoms with Crippen molar-refractivity contribution in [2.75, 3.05) is 0 Å². The fraction of sp³-hybridized carbons (Fsp3) is 0.548. The van der Waals surface area contributed by atoms with E-state index in [1.165, 1.54) is 23.3 Å². The molecular formula is C31H37F5O2. The van der Waals surface area contributed by atoms with Crippen LogP contribution in [0, 0.1) is 5.92 Å². The second-order valence-corrected chi connectivity index (χ2v) is 10.7. The molecule has 2 aromatic rings. The maximum atomic E-state index is 15.1. The Kier molecular flexibility index (Phi) is 9.50. The molecule has 7 heteroatoms. The molecule has 2 saturated carbocycles. The summed E-state index contributed by atoms with van der Waals surface area (Å²) in [6.07, 6.45) is 2.59. The Balaban J connectivity index is 1.22. The van der Waals surface area contributed by atoms with Crippen LogP contribution >= 0.6 is 0 Å². The van der Waals surface area contributed by atoms with Crippen molar-refractivity contribution in [2.24, 2.45) is 5.92 Å². The van der Waals surface area contributed by atoms with Gasteiger partial charge in [-0.2, -0.15) is 8.78 Å². The Morgan fingerprint density at radius 3 is 1.79 bits per heavy atom. The van der Waals surface area contributed by atoms with Crippen LogP contribution in [0.1, 0.15) is 93.2 Å². The smallest absolute Gasteiger partial charge is 0.406 e. The number of alkyl halides is 5. The summed E-state index contributed by atoms with van der Waals surface area (Å²) in [5, 5.41) is 0. The van der Waals surface area contributed by atoms with Crippen LogP contribution in [0.3, 0.4) is 0 Å². The standard InChI is InChI=1S/C31H37F5O2/c1-2-3-4-5-22-6-8-23(9-7-22)24-10-16-27(17-11-24)30(32,33)37-28-18-12-25(13-19-28)26-14-20-29(21-15-26)38-31(34,35)36/h2-3,6-9,14-15,20-21,24-25,27-28H,4-5,10-13,16-19H2,1H3/b3-2+. The van der Waals surface area contributed by atoms with E-state index in [1.54, 1.807) is 12.1 Å². The minimum absolute atomic E-state index is 0.119. The average molecular weight is 537 g/mol. The molecule has 0 heterocycles. The molecule has 0 aliphatic heterocycles. The second kappa shape index (κ2) is 12.6. The van der Waals surface area contributed by atoms with Crippen LogP contribution in [0.4, 0.5) is 22.0 Å². The van der Waals surface area contributed by atoms with Gasteiger partial charge in [-0.3, -0.25) is 0 Å². The van der Waals surface area contributed by atoms with Gasteiger partial charge in [0.15, 0.2) is 0 Å². The third-order valence-electron chi connectivity index (χ3n) is 8.07. The van der Waals surface area contributed by atoms with E-state index in [9.17, 15) is 13.2 Å². The number of halogens is 5. The van der Waals surface area contributed by atoms with Gasteiger partial charge in [-0.1, -0.05) is 48.6 Å². The summed E-state index contributed by atoms with van der Waals surface area (Å²) in [4.78, 5) is 0. The summed E-state index contributed by atoms with van der Waals surface area (Å²) in [7, 11) is 0. The number of rotatable bonds is 9. The molecule has 2 aliphatic carbocycles. The van der Waals surface area contributed by atoms with Gasteiger partial charge in [-0.25, -0.2) is 0 Å². The van der Waals surface area contributed by atoms with Crippen molar-refractivity contribution < 1.29 is 31.4 Å². The minimum atomic E-state index is -4.72. The highest BCUT2D eigenvalue weighted by Gasteiger charge is 2.45. The molecule has 208 valence electrons. The molecule has 0 aromatic heterocycles. The van der Waals surface area contributed by atoms with E-state index in [0.29, 0.717) is 44.4 Å². The monoisotopic (exact) mass is 536 g/mol. The largest absolute Gasteiger partial charge is 0.573 e. The third kappa shape index (κ3) is 8.05. The summed E-state index contributed by atoms with van der Waals surface area (Å²) in [6.45, 7) is 2.02. The van der Waals surface area contributed by atoms with Gasteiger partial charge < -0.3 is 9.47 Å². The predicted molar refractivity (Wildman–Crippen MR) is 138 cm³/mol. The molecule has 2 nitrogen and oxygen atoms in total. The van der Waals surface area contributed by atoms with E-state index in [1.807, 2.05) is 6.92 Å². The summed E-state index contributed by atoms with van der Waals surface area (Å²) >= 11 is 0. The first kappa shape index (κ1) is 28.6. The van der Waals surface area contributed by atoms with Crippen LogP contribution < -0.4 is 4.74 Å². The van der Waals surface area contributed by atoms with Crippen LogP contribution in [0.2, 0.25) is 0 Å². The van der Waals surface area contributed by atoms with E-state index < -0.39 is 24.5 Å². The van der Waals surface area contributed by atoms with Crippen molar-refractivity contribution in [1.29, 1.82) is 0 Å². The molecule has 2 aliphatic rings. The fourth-order valence-electron chi connectivity index (χ4n) is 5.91. The number of benzene rings is 2. The first-order valence-electron chi connectivity index (χ1n) is 13.7. The van der Waals surface area contributed by atoms with Crippen LogP contribution in [-0.4, -0.2) is 18.6 Å². The fourth-order valence-corrected chi connectivity index (χ4v) is 5.91. The van der Waals surface area contributed by atoms with Gasteiger partial charge in [-0.05, 0) is 112 Å². The van der Waals surface area contributed by atoms with Gasteiger partial charge in [0, 0.05) is 0 Å². The molecule has 0 unspecified atom stereocenters. The molecule has 0 atom stereocenters. The van der Waals surface area contributed by atoms with Crippen molar-refractivity contribution in [1.82, 2.24) is 0 Å². The lowest BCUT2D eigenvalue weighted by Crippen LogP contribution is -2.38. The van der Waals surface area contributed by atoms with E-state index in [-0.39, 0.29) is 11.7 Å². The molecule has 0 N–H and O–H groups in total. The number of allylic oxidation sites excluding steroid dienone is 2. The zero-order valence-corrected chi connectivity index (χ0v) is 21.9. The average Bonchev–Trinajstić information content (AvgIpc) is 2.89. The lowest BCUT2D eigenvalue weighted by atomic mass is 9.78. The minimum Gasteiger partial charge on any atom is -0.406 e. The first-order valence-corrected chi connectivity index (χ1v) is 13.7.